The summed E-state index contributed by atoms with van der Waals surface area (Å²) in [7, 11) is 5.92. The number of nitrogens with zero attached hydrogens (tertiary/aromatic N) is 3. The number of hydrogen-bond donors (Lipinski definition) is 2. The molecule has 1 aromatic heterocycles. The molecule has 124 valence electrons. The van der Waals surface area contributed by atoms with Crippen LogP contribution in [0.4, 0.5) is 5.69 Å². The van der Waals surface area contributed by atoms with Crippen LogP contribution in [0.3, 0.4) is 0 Å². The summed E-state index contributed by atoms with van der Waals surface area (Å²) in [5.74, 6) is 0.827. The predicted octanol–water partition coefficient (Wildman–Crippen LogP) is 2.23. The van der Waals surface area contributed by atoms with Gasteiger partial charge in [0.1, 0.15) is 0 Å². The average molecular weight is 313 g/mol. The minimum absolute atomic E-state index is 0.767. The van der Waals surface area contributed by atoms with E-state index in [9.17, 15) is 0 Å². The predicted molar refractivity (Wildman–Crippen MR) is 98.1 cm³/mol. The third-order valence-corrected chi connectivity index (χ3v) is 3.84. The molecular formula is C18H27N5. The number of hydrogen-bond acceptors (Lipinski definition) is 2. The summed E-state index contributed by atoms with van der Waals surface area (Å²) < 4.78 is 2.14. The van der Waals surface area contributed by atoms with Crippen LogP contribution < -0.4 is 15.5 Å². The molecule has 0 fully saturated rings. The zero-order chi connectivity index (χ0) is 16.7. The van der Waals surface area contributed by atoms with Gasteiger partial charge >= 0.3 is 0 Å². The highest BCUT2D eigenvalue weighted by Crippen LogP contribution is 2.17. The Balaban J connectivity index is 1.83. The second-order valence-corrected chi connectivity index (χ2v) is 5.78. The minimum Gasteiger partial charge on any atom is -0.378 e. The van der Waals surface area contributed by atoms with Crippen LogP contribution in [0.25, 0.3) is 0 Å². The lowest BCUT2D eigenvalue weighted by molar-refractivity contribution is 0.665. The van der Waals surface area contributed by atoms with E-state index in [1.807, 2.05) is 12.1 Å². The molecule has 5 heteroatoms. The Morgan fingerprint density at radius 2 is 1.91 bits per heavy atom. The molecule has 0 radical (unpaired) electrons. The molecule has 1 aromatic carbocycles. The maximum atomic E-state index is 4.27. The zero-order valence-corrected chi connectivity index (χ0v) is 14.5. The maximum Gasteiger partial charge on any atom is 0.191 e. The number of benzene rings is 1. The molecule has 2 rings (SSSR count). The lowest BCUT2D eigenvalue weighted by atomic mass is 10.1. The van der Waals surface area contributed by atoms with Crippen LogP contribution in [0.2, 0.25) is 0 Å². The van der Waals surface area contributed by atoms with Crippen molar-refractivity contribution in [1.82, 2.24) is 15.2 Å². The SMILES string of the molecule is CN=C(NCCn1cccc1)NCc1ccc(N(C)C)cc1C. The van der Waals surface area contributed by atoms with Crippen LogP contribution in [0, 0.1) is 6.92 Å². The highest BCUT2D eigenvalue weighted by Gasteiger charge is 2.03. The second-order valence-electron chi connectivity index (χ2n) is 5.78. The van der Waals surface area contributed by atoms with Crippen molar-refractivity contribution in [2.45, 2.75) is 20.0 Å². The van der Waals surface area contributed by atoms with E-state index in [4.69, 9.17) is 0 Å². The summed E-state index contributed by atoms with van der Waals surface area (Å²) in [6.07, 6.45) is 4.13. The Kier molecular flexibility index (Phi) is 6.09. The van der Waals surface area contributed by atoms with Gasteiger partial charge in [-0.1, -0.05) is 6.07 Å². The first-order chi connectivity index (χ1) is 11.1. The van der Waals surface area contributed by atoms with Crippen LogP contribution in [0.15, 0.2) is 47.7 Å². The fourth-order valence-corrected chi connectivity index (χ4v) is 2.38. The zero-order valence-electron chi connectivity index (χ0n) is 14.5. The number of nitrogens with one attached hydrogen (secondary N) is 2. The van der Waals surface area contributed by atoms with Crippen molar-refractivity contribution in [2.75, 3.05) is 32.6 Å². The van der Waals surface area contributed by atoms with E-state index in [-0.39, 0.29) is 0 Å². The van der Waals surface area contributed by atoms with Crippen LogP contribution in [-0.2, 0) is 13.1 Å². The summed E-state index contributed by atoms with van der Waals surface area (Å²) >= 11 is 0. The Hall–Kier alpha value is -2.43. The summed E-state index contributed by atoms with van der Waals surface area (Å²) in [5, 5.41) is 6.71. The molecule has 5 nitrogen and oxygen atoms in total. The summed E-state index contributed by atoms with van der Waals surface area (Å²) in [6, 6.07) is 10.6. The van der Waals surface area contributed by atoms with E-state index < -0.39 is 0 Å². The van der Waals surface area contributed by atoms with E-state index in [2.05, 4.69) is 76.7 Å². The molecule has 2 aromatic rings. The highest BCUT2D eigenvalue weighted by atomic mass is 15.2. The number of rotatable bonds is 6. The molecule has 0 spiro atoms. The van der Waals surface area contributed by atoms with Crippen LogP contribution in [-0.4, -0.2) is 38.2 Å². The molecule has 0 bridgehead atoms. The van der Waals surface area contributed by atoms with Gasteiger partial charge in [0.05, 0.1) is 0 Å². The monoisotopic (exact) mass is 313 g/mol. The number of anilines is 1. The molecule has 0 aliphatic heterocycles. The quantitative estimate of drug-likeness (QED) is 0.635. The van der Waals surface area contributed by atoms with E-state index in [0.717, 1.165) is 25.6 Å². The van der Waals surface area contributed by atoms with Gasteiger partial charge in [-0.25, -0.2) is 0 Å². The van der Waals surface area contributed by atoms with Crippen molar-refractivity contribution in [3.05, 3.63) is 53.9 Å². The van der Waals surface area contributed by atoms with E-state index in [0.29, 0.717) is 0 Å². The first-order valence-electron chi connectivity index (χ1n) is 7.92. The largest absolute Gasteiger partial charge is 0.378 e. The highest BCUT2D eigenvalue weighted by molar-refractivity contribution is 5.79. The Morgan fingerprint density at radius 3 is 2.52 bits per heavy atom. The van der Waals surface area contributed by atoms with Gasteiger partial charge in [-0.05, 0) is 42.3 Å². The molecule has 23 heavy (non-hydrogen) atoms. The van der Waals surface area contributed by atoms with E-state index in [1.165, 1.54) is 16.8 Å². The molecule has 0 saturated heterocycles. The molecule has 0 atom stereocenters. The lowest BCUT2D eigenvalue weighted by Crippen LogP contribution is -2.38. The molecule has 0 aliphatic carbocycles. The summed E-state index contributed by atoms with van der Waals surface area (Å²) in [6.45, 7) is 4.67. The molecule has 2 N–H and O–H groups in total. The Labute approximate surface area is 139 Å². The van der Waals surface area contributed by atoms with Gasteiger partial charge < -0.3 is 20.1 Å². The standard InChI is InChI=1S/C18H27N5/c1-15-13-17(22(3)4)8-7-16(15)14-21-18(19-2)20-9-12-23-10-5-6-11-23/h5-8,10-11,13H,9,12,14H2,1-4H3,(H2,19,20,21). The first kappa shape index (κ1) is 16.9. The summed E-state index contributed by atoms with van der Waals surface area (Å²) in [4.78, 5) is 6.39. The van der Waals surface area contributed by atoms with Gasteiger partial charge in [0.15, 0.2) is 5.96 Å². The van der Waals surface area contributed by atoms with Crippen molar-refractivity contribution in [2.24, 2.45) is 4.99 Å². The van der Waals surface area contributed by atoms with Crippen molar-refractivity contribution >= 4 is 11.6 Å². The number of aliphatic imine (C=N–C) groups is 1. The van der Waals surface area contributed by atoms with Crippen molar-refractivity contribution < 1.29 is 0 Å². The topological polar surface area (TPSA) is 44.6 Å². The fraction of sp³-hybridized carbons (Fsp3) is 0.389. The summed E-state index contributed by atoms with van der Waals surface area (Å²) in [5.41, 5.74) is 3.79. The van der Waals surface area contributed by atoms with Crippen LogP contribution >= 0.6 is 0 Å². The second kappa shape index (κ2) is 8.27. The first-order valence-corrected chi connectivity index (χ1v) is 7.92. The molecular weight excluding hydrogens is 286 g/mol. The number of guanidine groups is 1. The third-order valence-electron chi connectivity index (χ3n) is 3.84. The van der Waals surface area contributed by atoms with Gasteiger partial charge in [-0.15, -0.1) is 0 Å². The molecule has 0 saturated carbocycles. The minimum atomic E-state index is 0.767. The van der Waals surface area contributed by atoms with E-state index >= 15 is 0 Å². The van der Waals surface area contributed by atoms with Gasteiger partial charge in [0, 0.05) is 58.9 Å². The van der Waals surface area contributed by atoms with Crippen LogP contribution in [0.5, 0.6) is 0 Å². The van der Waals surface area contributed by atoms with Gasteiger partial charge in [0.2, 0.25) is 0 Å². The van der Waals surface area contributed by atoms with Crippen molar-refractivity contribution in [3.63, 3.8) is 0 Å². The van der Waals surface area contributed by atoms with Crippen molar-refractivity contribution in [1.29, 1.82) is 0 Å². The van der Waals surface area contributed by atoms with Gasteiger partial charge in [-0.3, -0.25) is 4.99 Å². The molecule has 1 heterocycles. The lowest BCUT2D eigenvalue weighted by Gasteiger charge is -2.16. The molecule has 0 amide bonds. The van der Waals surface area contributed by atoms with Crippen LogP contribution in [0.1, 0.15) is 11.1 Å². The van der Waals surface area contributed by atoms with Gasteiger partial charge in [-0.2, -0.15) is 0 Å². The Morgan fingerprint density at radius 1 is 1.17 bits per heavy atom. The Bertz CT molecular complexity index is 629. The van der Waals surface area contributed by atoms with Crippen molar-refractivity contribution in [3.8, 4) is 0 Å². The smallest absolute Gasteiger partial charge is 0.191 e. The average Bonchev–Trinajstić information content (AvgIpc) is 3.04. The molecule has 0 aliphatic rings. The fourth-order valence-electron chi connectivity index (χ4n) is 2.38. The normalized spacial score (nSPS) is 11.4. The van der Waals surface area contributed by atoms with Gasteiger partial charge in [0.25, 0.3) is 0 Å². The van der Waals surface area contributed by atoms with E-state index in [1.54, 1.807) is 7.05 Å². The third kappa shape index (κ3) is 5.06. The number of aryl methyl sites for hydroxylation is 1. The maximum absolute atomic E-state index is 4.27. The molecule has 0 unspecified atom stereocenters. The number of aromatic nitrogens is 1.